The Labute approximate surface area is 117 Å². The second-order valence-electron chi connectivity index (χ2n) is 4.57. The van der Waals surface area contributed by atoms with Crippen molar-refractivity contribution in [2.75, 3.05) is 0 Å². The largest absolute Gasteiger partial charge is 0.331 e. The van der Waals surface area contributed by atoms with Crippen molar-refractivity contribution in [3.63, 3.8) is 0 Å². The van der Waals surface area contributed by atoms with E-state index in [4.69, 9.17) is 0 Å². The highest BCUT2D eigenvalue weighted by molar-refractivity contribution is 5.47. The number of imidazole rings is 1. The van der Waals surface area contributed by atoms with E-state index >= 15 is 0 Å². The van der Waals surface area contributed by atoms with Crippen molar-refractivity contribution in [3.05, 3.63) is 69.9 Å². The van der Waals surface area contributed by atoms with Gasteiger partial charge >= 0.3 is 0 Å². The van der Waals surface area contributed by atoms with Crippen molar-refractivity contribution in [1.29, 1.82) is 0 Å². The zero-order valence-corrected chi connectivity index (χ0v) is 11.4. The first-order chi connectivity index (χ1) is 9.70. The van der Waals surface area contributed by atoms with E-state index in [1.807, 2.05) is 34.9 Å². The minimum Gasteiger partial charge on any atom is -0.331 e. The van der Waals surface area contributed by atoms with Crippen molar-refractivity contribution in [2.24, 2.45) is 0 Å². The molecule has 104 valence electrons. The monoisotopic (exact) mass is 271 g/mol. The Hall–Kier alpha value is -2.43. The van der Waals surface area contributed by atoms with E-state index in [1.165, 1.54) is 0 Å². The first kappa shape index (κ1) is 14.0. The lowest BCUT2D eigenvalue weighted by Gasteiger charge is -2.03. The Balaban J connectivity index is 2.26. The molecule has 1 aromatic carbocycles. The maximum absolute atomic E-state index is 11.2. The van der Waals surface area contributed by atoms with Gasteiger partial charge < -0.3 is 4.57 Å². The zero-order chi connectivity index (χ0) is 14.4. The first-order valence-electron chi connectivity index (χ1n) is 6.59. The van der Waals surface area contributed by atoms with Gasteiger partial charge in [0, 0.05) is 12.6 Å². The van der Waals surface area contributed by atoms with Crippen LogP contribution in [-0.4, -0.2) is 14.5 Å². The average molecular weight is 271 g/mol. The Morgan fingerprint density at radius 1 is 1.40 bits per heavy atom. The molecule has 2 aromatic rings. The number of aryl methyl sites for hydroxylation is 1. The number of nitrogens with zero attached hydrogens (tertiary/aromatic N) is 3. The van der Waals surface area contributed by atoms with Crippen LogP contribution in [0.3, 0.4) is 0 Å². The van der Waals surface area contributed by atoms with Gasteiger partial charge in [0.1, 0.15) is 0 Å². The van der Waals surface area contributed by atoms with Crippen molar-refractivity contribution in [2.45, 2.75) is 26.3 Å². The molecule has 0 spiro atoms. The third-order valence-corrected chi connectivity index (χ3v) is 2.99. The van der Waals surface area contributed by atoms with Crippen LogP contribution in [0.5, 0.6) is 0 Å². The van der Waals surface area contributed by atoms with Gasteiger partial charge in [-0.2, -0.15) is 0 Å². The predicted molar refractivity (Wildman–Crippen MR) is 77.6 cm³/mol. The lowest BCUT2D eigenvalue weighted by molar-refractivity contribution is -0.425. The van der Waals surface area contributed by atoms with Gasteiger partial charge in [0.25, 0.3) is 5.70 Å². The molecule has 0 N–H and O–H groups in total. The normalized spacial score (nSPS) is 11.6. The number of hydrogen-bond donors (Lipinski definition) is 0. The number of aromatic nitrogens is 2. The summed E-state index contributed by atoms with van der Waals surface area (Å²) in [6, 6.07) is 9.44. The molecule has 0 saturated carbocycles. The summed E-state index contributed by atoms with van der Waals surface area (Å²) in [5.74, 6) is 0. The fourth-order valence-corrected chi connectivity index (χ4v) is 2.02. The molecule has 0 fully saturated rings. The maximum Gasteiger partial charge on any atom is 0.252 e. The SMILES string of the molecule is CCCn1cncc1C=C(Cc1ccccc1)[N+](=O)[O-]. The molecule has 0 bridgehead atoms. The number of nitro groups is 1. The first-order valence-corrected chi connectivity index (χ1v) is 6.59. The van der Waals surface area contributed by atoms with Crippen LogP contribution in [0, 0.1) is 10.1 Å². The molecular weight excluding hydrogens is 254 g/mol. The Morgan fingerprint density at radius 2 is 2.15 bits per heavy atom. The molecule has 0 saturated heterocycles. The Kier molecular flexibility index (Phi) is 4.65. The fraction of sp³-hybridized carbons (Fsp3) is 0.267. The molecule has 0 atom stereocenters. The summed E-state index contributed by atoms with van der Waals surface area (Å²) in [5.41, 5.74) is 1.88. The third kappa shape index (κ3) is 3.54. The molecule has 5 heteroatoms. The van der Waals surface area contributed by atoms with Crippen molar-refractivity contribution in [1.82, 2.24) is 9.55 Å². The Morgan fingerprint density at radius 3 is 2.80 bits per heavy atom. The molecule has 0 aliphatic rings. The van der Waals surface area contributed by atoms with Gasteiger partial charge in [-0.1, -0.05) is 37.3 Å². The molecular formula is C15H17N3O2. The molecule has 0 unspecified atom stereocenters. The summed E-state index contributed by atoms with van der Waals surface area (Å²) in [6.07, 6.45) is 6.24. The topological polar surface area (TPSA) is 61.0 Å². The molecule has 5 nitrogen and oxygen atoms in total. The van der Waals surface area contributed by atoms with E-state index in [1.54, 1.807) is 18.6 Å². The molecule has 1 aromatic heterocycles. The summed E-state index contributed by atoms with van der Waals surface area (Å²) in [5, 5.41) is 11.2. The van der Waals surface area contributed by atoms with Crippen molar-refractivity contribution < 1.29 is 4.92 Å². The van der Waals surface area contributed by atoms with Gasteiger partial charge in [0.15, 0.2) is 0 Å². The summed E-state index contributed by atoms with van der Waals surface area (Å²) in [4.78, 5) is 14.9. The van der Waals surface area contributed by atoms with Crippen LogP contribution in [0.2, 0.25) is 0 Å². The van der Waals surface area contributed by atoms with Gasteiger partial charge in [0.05, 0.1) is 29.6 Å². The van der Waals surface area contributed by atoms with Crippen LogP contribution >= 0.6 is 0 Å². The van der Waals surface area contributed by atoms with E-state index in [0.717, 1.165) is 24.2 Å². The summed E-state index contributed by atoms with van der Waals surface area (Å²) < 4.78 is 1.93. The molecule has 0 aliphatic heterocycles. The number of hydrogen-bond acceptors (Lipinski definition) is 3. The number of benzene rings is 1. The van der Waals surface area contributed by atoms with Crippen LogP contribution in [0.25, 0.3) is 6.08 Å². The highest BCUT2D eigenvalue weighted by Crippen LogP contribution is 2.13. The Bertz CT molecular complexity index is 603. The second-order valence-corrected chi connectivity index (χ2v) is 4.57. The third-order valence-electron chi connectivity index (χ3n) is 2.99. The van der Waals surface area contributed by atoms with E-state index in [9.17, 15) is 10.1 Å². The van der Waals surface area contributed by atoms with Crippen molar-refractivity contribution in [3.8, 4) is 0 Å². The molecule has 0 aliphatic carbocycles. The quantitative estimate of drug-likeness (QED) is 0.599. The molecule has 0 radical (unpaired) electrons. The predicted octanol–water partition coefficient (Wildman–Crippen LogP) is 3.15. The fourth-order valence-electron chi connectivity index (χ4n) is 2.02. The summed E-state index contributed by atoms with van der Waals surface area (Å²) in [7, 11) is 0. The molecule has 0 amide bonds. The van der Waals surface area contributed by atoms with E-state index in [2.05, 4.69) is 11.9 Å². The van der Waals surface area contributed by atoms with E-state index in [-0.39, 0.29) is 10.6 Å². The van der Waals surface area contributed by atoms with Crippen LogP contribution in [-0.2, 0) is 13.0 Å². The summed E-state index contributed by atoms with van der Waals surface area (Å²) >= 11 is 0. The van der Waals surface area contributed by atoms with Crippen LogP contribution in [0.15, 0.2) is 48.6 Å². The number of allylic oxidation sites excluding steroid dienone is 1. The van der Waals surface area contributed by atoms with Crippen LogP contribution < -0.4 is 0 Å². The van der Waals surface area contributed by atoms with Crippen LogP contribution in [0.1, 0.15) is 24.6 Å². The van der Waals surface area contributed by atoms with Gasteiger partial charge in [-0.05, 0) is 12.0 Å². The highest BCUT2D eigenvalue weighted by atomic mass is 16.6. The van der Waals surface area contributed by atoms with Crippen molar-refractivity contribution >= 4 is 6.08 Å². The van der Waals surface area contributed by atoms with Gasteiger partial charge in [-0.3, -0.25) is 10.1 Å². The lowest BCUT2D eigenvalue weighted by atomic mass is 10.1. The zero-order valence-electron chi connectivity index (χ0n) is 11.4. The van der Waals surface area contributed by atoms with Gasteiger partial charge in [-0.15, -0.1) is 0 Å². The molecule has 2 rings (SSSR count). The lowest BCUT2D eigenvalue weighted by Crippen LogP contribution is -2.04. The molecule has 1 heterocycles. The molecule has 20 heavy (non-hydrogen) atoms. The summed E-state index contributed by atoms with van der Waals surface area (Å²) in [6.45, 7) is 2.87. The van der Waals surface area contributed by atoms with E-state index < -0.39 is 0 Å². The van der Waals surface area contributed by atoms with Gasteiger partial charge in [0.2, 0.25) is 0 Å². The second kappa shape index (κ2) is 6.65. The number of rotatable bonds is 6. The van der Waals surface area contributed by atoms with Gasteiger partial charge in [-0.25, -0.2) is 4.98 Å². The maximum atomic E-state index is 11.2. The standard InChI is InChI=1S/C15H17N3O2/c1-2-8-17-12-16-11-15(17)10-14(18(19)20)9-13-6-4-3-5-7-13/h3-7,10-12H,2,8-9H2,1H3. The highest BCUT2D eigenvalue weighted by Gasteiger charge is 2.13. The smallest absolute Gasteiger partial charge is 0.252 e. The van der Waals surface area contributed by atoms with Crippen LogP contribution in [0.4, 0.5) is 0 Å². The average Bonchev–Trinajstić information content (AvgIpc) is 2.87. The minimum absolute atomic E-state index is 0.175. The van der Waals surface area contributed by atoms with E-state index in [0.29, 0.717) is 6.42 Å². The minimum atomic E-state index is -0.323.